The van der Waals surface area contributed by atoms with E-state index in [4.69, 9.17) is 20.8 Å². The third-order valence-electron chi connectivity index (χ3n) is 5.44. The largest absolute Gasteiger partial charge is 0.489 e. The quantitative estimate of drug-likeness (QED) is 0.513. The Morgan fingerprint density at radius 1 is 1.22 bits per heavy atom. The molecule has 2 aromatic rings. The number of halogens is 2. The molecule has 1 aromatic carbocycles. The van der Waals surface area contributed by atoms with Crippen LogP contribution in [0.1, 0.15) is 36.8 Å². The molecule has 0 spiro atoms. The monoisotopic (exact) mass is 396 g/mol. The average molecular weight is 397 g/mol. The minimum atomic E-state index is -0.872. The van der Waals surface area contributed by atoms with Crippen LogP contribution in [0.2, 0.25) is 5.02 Å². The molecule has 0 aliphatic heterocycles. The molecule has 1 heterocycles. The molecule has 6 nitrogen and oxygen atoms in total. The van der Waals surface area contributed by atoms with Gasteiger partial charge in [-0.1, -0.05) is 11.6 Å². The lowest BCUT2D eigenvalue weighted by molar-refractivity contribution is -0.151. The lowest BCUT2D eigenvalue weighted by Gasteiger charge is -2.71. The van der Waals surface area contributed by atoms with Gasteiger partial charge in [-0.2, -0.15) is 0 Å². The van der Waals surface area contributed by atoms with Crippen molar-refractivity contribution in [1.29, 1.82) is 0 Å². The fraction of sp³-hybridized carbons (Fsp3) is 0.474. The Hall–Kier alpha value is -1.64. The Balaban J connectivity index is 1.23. The maximum absolute atomic E-state index is 13.4. The molecule has 2 atom stereocenters. The molecule has 4 N–H and O–H groups in total. The molecule has 2 unspecified atom stereocenters. The topological polar surface area (TPSA) is 86.9 Å². The standard InChI is InChI=1S/C19H22ClFN2O4/c1-11-13(4-5-26-11)17(25)23-19-8-18(9-19,10-19)22-16(24)7-27-12-2-3-14(20)15(21)6-12/h2-6,16-17,22-25H,7-10H2,1H3. The average Bonchev–Trinajstić information content (AvgIpc) is 2.99. The molecule has 3 fully saturated rings. The Morgan fingerprint density at radius 3 is 2.56 bits per heavy atom. The van der Waals surface area contributed by atoms with E-state index >= 15 is 0 Å². The summed E-state index contributed by atoms with van der Waals surface area (Å²) in [7, 11) is 0. The van der Waals surface area contributed by atoms with E-state index < -0.39 is 18.3 Å². The van der Waals surface area contributed by atoms with Gasteiger partial charge in [0, 0.05) is 22.7 Å². The van der Waals surface area contributed by atoms with E-state index in [1.807, 2.05) is 6.92 Å². The van der Waals surface area contributed by atoms with Gasteiger partial charge < -0.3 is 19.4 Å². The number of rotatable bonds is 8. The Kier molecular flexibility index (Phi) is 4.68. The summed E-state index contributed by atoms with van der Waals surface area (Å²) in [6.45, 7) is 1.81. The van der Waals surface area contributed by atoms with Crippen molar-refractivity contribution >= 4 is 11.6 Å². The van der Waals surface area contributed by atoms with Crippen LogP contribution in [0.15, 0.2) is 34.9 Å². The number of hydrogen-bond acceptors (Lipinski definition) is 6. The van der Waals surface area contributed by atoms with Gasteiger partial charge in [-0.3, -0.25) is 10.6 Å². The zero-order valence-electron chi connectivity index (χ0n) is 14.8. The number of aliphatic hydroxyl groups excluding tert-OH is 2. The van der Waals surface area contributed by atoms with Crippen molar-refractivity contribution in [1.82, 2.24) is 10.6 Å². The lowest BCUT2D eigenvalue weighted by atomic mass is 9.44. The van der Waals surface area contributed by atoms with Crippen LogP contribution in [-0.2, 0) is 0 Å². The predicted molar refractivity (Wildman–Crippen MR) is 96.9 cm³/mol. The third-order valence-corrected chi connectivity index (χ3v) is 5.75. The molecule has 3 aliphatic carbocycles. The molecule has 3 aliphatic rings. The van der Waals surface area contributed by atoms with Crippen molar-refractivity contribution in [2.45, 2.75) is 49.7 Å². The van der Waals surface area contributed by atoms with Gasteiger partial charge in [0.15, 0.2) is 0 Å². The van der Waals surface area contributed by atoms with E-state index in [2.05, 4.69) is 10.6 Å². The normalized spacial score (nSPS) is 28.2. The Labute approximate surface area is 161 Å². The highest BCUT2D eigenvalue weighted by Gasteiger charge is 2.68. The van der Waals surface area contributed by atoms with Gasteiger partial charge in [0.1, 0.15) is 36.4 Å². The van der Waals surface area contributed by atoms with Crippen molar-refractivity contribution in [3.63, 3.8) is 0 Å². The van der Waals surface area contributed by atoms with Gasteiger partial charge in [0.25, 0.3) is 0 Å². The van der Waals surface area contributed by atoms with E-state index in [0.717, 1.165) is 24.8 Å². The summed E-state index contributed by atoms with van der Waals surface area (Å²) in [5, 5.41) is 27.0. The summed E-state index contributed by atoms with van der Waals surface area (Å²) in [5.74, 6) is 0.447. The van der Waals surface area contributed by atoms with Crippen molar-refractivity contribution in [2.24, 2.45) is 0 Å². The highest BCUT2D eigenvalue weighted by Crippen LogP contribution is 2.61. The van der Waals surface area contributed by atoms with Gasteiger partial charge in [-0.05, 0) is 44.4 Å². The molecule has 1 aromatic heterocycles. The number of hydrogen-bond donors (Lipinski definition) is 4. The molecule has 0 amide bonds. The molecule has 0 saturated heterocycles. The van der Waals surface area contributed by atoms with E-state index in [9.17, 15) is 14.6 Å². The van der Waals surface area contributed by atoms with Crippen molar-refractivity contribution in [2.75, 3.05) is 6.61 Å². The zero-order valence-corrected chi connectivity index (χ0v) is 15.6. The van der Waals surface area contributed by atoms with Crippen molar-refractivity contribution in [3.05, 3.63) is 52.7 Å². The van der Waals surface area contributed by atoms with E-state index in [1.54, 1.807) is 18.4 Å². The van der Waals surface area contributed by atoms with Gasteiger partial charge in [-0.15, -0.1) is 0 Å². The number of ether oxygens (including phenoxy) is 1. The van der Waals surface area contributed by atoms with Crippen LogP contribution in [0.5, 0.6) is 5.75 Å². The molecule has 3 saturated carbocycles. The second-order valence-electron chi connectivity index (χ2n) is 7.62. The van der Waals surface area contributed by atoms with Crippen molar-refractivity contribution < 1.29 is 23.8 Å². The Morgan fingerprint density at radius 2 is 1.93 bits per heavy atom. The van der Waals surface area contributed by atoms with Gasteiger partial charge in [0.2, 0.25) is 0 Å². The number of furan rings is 1. The summed E-state index contributed by atoms with van der Waals surface area (Å²) >= 11 is 5.63. The second kappa shape index (κ2) is 6.76. The van der Waals surface area contributed by atoms with Crippen LogP contribution >= 0.6 is 11.6 Å². The van der Waals surface area contributed by atoms with E-state index in [-0.39, 0.29) is 22.7 Å². The maximum Gasteiger partial charge on any atom is 0.145 e. The molecular formula is C19H22ClFN2O4. The van der Waals surface area contributed by atoms with Gasteiger partial charge >= 0.3 is 0 Å². The summed E-state index contributed by atoms with van der Waals surface area (Å²) in [6, 6.07) is 5.91. The summed E-state index contributed by atoms with van der Waals surface area (Å²) < 4.78 is 24.0. The minimum Gasteiger partial charge on any atom is -0.489 e. The number of nitrogens with one attached hydrogen (secondary N) is 2. The zero-order chi connectivity index (χ0) is 19.2. The lowest BCUT2D eigenvalue weighted by Crippen LogP contribution is -2.84. The predicted octanol–water partition coefficient (Wildman–Crippen LogP) is 2.62. The van der Waals surface area contributed by atoms with Crippen LogP contribution in [0.4, 0.5) is 4.39 Å². The van der Waals surface area contributed by atoms with Crippen LogP contribution in [-0.4, -0.2) is 34.1 Å². The third kappa shape index (κ3) is 3.58. The molecule has 8 heteroatoms. The molecule has 146 valence electrons. The molecule has 5 rings (SSSR count). The Bertz CT molecular complexity index is 823. The first-order valence-corrected chi connectivity index (χ1v) is 9.21. The van der Waals surface area contributed by atoms with E-state index in [1.165, 1.54) is 12.1 Å². The maximum atomic E-state index is 13.4. The molecule has 2 bridgehead atoms. The first-order chi connectivity index (χ1) is 12.8. The van der Waals surface area contributed by atoms with Gasteiger partial charge in [-0.25, -0.2) is 4.39 Å². The highest BCUT2D eigenvalue weighted by atomic mass is 35.5. The van der Waals surface area contributed by atoms with Crippen LogP contribution < -0.4 is 15.4 Å². The minimum absolute atomic E-state index is 0.0000894. The SMILES string of the molecule is Cc1occc1C(O)NC12CC(NC(O)COc3ccc(Cl)c(F)c3)(C1)C2. The van der Waals surface area contributed by atoms with Crippen LogP contribution in [0, 0.1) is 12.7 Å². The molecule has 27 heavy (non-hydrogen) atoms. The first-order valence-electron chi connectivity index (χ1n) is 8.83. The van der Waals surface area contributed by atoms with E-state index in [0.29, 0.717) is 11.5 Å². The number of benzene rings is 1. The van der Waals surface area contributed by atoms with Crippen LogP contribution in [0.3, 0.4) is 0 Å². The molecular weight excluding hydrogens is 375 g/mol. The van der Waals surface area contributed by atoms with Gasteiger partial charge in [0.05, 0.1) is 11.3 Å². The summed E-state index contributed by atoms with van der Waals surface area (Å²) in [4.78, 5) is 0. The smallest absolute Gasteiger partial charge is 0.145 e. The number of aliphatic hydroxyl groups is 2. The number of aryl methyl sites for hydroxylation is 1. The fourth-order valence-electron chi connectivity index (χ4n) is 4.28. The first kappa shape index (κ1) is 18.7. The summed E-state index contributed by atoms with van der Waals surface area (Å²) in [6.07, 6.45) is 2.34. The summed E-state index contributed by atoms with van der Waals surface area (Å²) in [5.41, 5.74) is 0.479. The second-order valence-corrected chi connectivity index (χ2v) is 8.02. The fourth-order valence-corrected chi connectivity index (χ4v) is 4.39. The van der Waals surface area contributed by atoms with Crippen molar-refractivity contribution in [3.8, 4) is 5.75 Å². The highest BCUT2D eigenvalue weighted by molar-refractivity contribution is 6.30. The van der Waals surface area contributed by atoms with Crippen LogP contribution in [0.25, 0.3) is 0 Å². The molecule has 0 radical (unpaired) electrons.